The van der Waals surface area contributed by atoms with Gasteiger partial charge in [0.15, 0.2) is 11.5 Å². The highest BCUT2D eigenvalue weighted by Gasteiger charge is 2.04. The molecule has 0 amide bonds. The van der Waals surface area contributed by atoms with Crippen LogP contribution >= 0.6 is 0 Å². The van der Waals surface area contributed by atoms with Crippen molar-refractivity contribution in [1.29, 1.82) is 0 Å². The summed E-state index contributed by atoms with van der Waals surface area (Å²) in [4.78, 5) is 0. The molecule has 0 saturated carbocycles. The molecule has 0 unspecified atom stereocenters. The average Bonchev–Trinajstić information content (AvgIpc) is 2.26. The van der Waals surface area contributed by atoms with Gasteiger partial charge >= 0.3 is 0 Å². The summed E-state index contributed by atoms with van der Waals surface area (Å²) in [6.07, 6.45) is 0. The van der Waals surface area contributed by atoms with Crippen LogP contribution in [0.3, 0.4) is 0 Å². The van der Waals surface area contributed by atoms with E-state index in [1.54, 1.807) is 24.3 Å². The maximum absolute atomic E-state index is 9.38. The molecule has 6 N–H and O–H groups in total. The van der Waals surface area contributed by atoms with Crippen molar-refractivity contribution in [2.24, 2.45) is 0 Å². The zero-order valence-corrected chi connectivity index (χ0v) is 8.51. The van der Waals surface area contributed by atoms with Gasteiger partial charge in [-0.3, -0.25) is 0 Å². The van der Waals surface area contributed by atoms with Crippen molar-refractivity contribution in [3.05, 3.63) is 36.4 Å². The van der Waals surface area contributed by atoms with Gasteiger partial charge in [0.05, 0.1) is 11.4 Å². The SMILES string of the molecule is Nc1ccc(-c2ccc(O)c(O)c2)cc1N. The Bertz CT molecular complexity index is 489. The van der Waals surface area contributed by atoms with Gasteiger partial charge in [0.1, 0.15) is 0 Å². The molecule has 0 bridgehead atoms. The van der Waals surface area contributed by atoms with Crippen molar-refractivity contribution in [2.45, 2.75) is 0 Å². The highest BCUT2D eigenvalue weighted by molar-refractivity contribution is 5.75. The van der Waals surface area contributed by atoms with E-state index in [0.29, 0.717) is 11.4 Å². The number of anilines is 2. The second-order valence-electron chi connectivity index (χ2n) is 3.55. The topological polar surface area (TPSA) is 92.5 Å². The maximum atomic E-state index is 9.38. The molecule has 0 saturated heterocycles. The number of nitrogens with two attached hydrogens (primary N) is 2. The van der Waals surface area contributed by atoms with Crippen LogP contribution in [-0.2, 0) is 0 Å². The number of nitrogen functional groups attached to an aromatic ring is 2. The van der Waals surface area contributed by atoms with Crippen LogP contribution in [0.5, 0.6) is 11.5 Å². The van der Waals surface area contributed by atoms with Gasteiger partial charge < -0.3 is 21.7 Å². The Kier molecular flexibility index (Phi) is 2.32. The number of phenols is 2. The number of rotatable bonds is 1. The van der Waals surface area contributed by atoms with E-state index in [4.69, 9.17) is 11.5 Å². The van der Waals surface area contributed by atoms with Gasteiger partial charge in [-0.15, -0.1) is 0 Å². The van der Waals surface area contributed by atoms with Gasteiger partial charge in [-0.05, 0) is 35.4 Å². The normalized spacial score (nSPS) is 10.2. The van der Waals surface area contributed by atoms with Crippen LogP contribution in [0.15, 0.2) is 36.4 Å². The van der Waals surface area contributed by atoms with Gasteiger partial charge in [0, 0.05) is 0 Å². The Balaban J connectivity index is 2.50. The van der Waals surface area contributed by atoms with E-state index in [1.165, 1.54) is 12.1 Å². The molecule has 0 aliphatic heterocycles. The van der Waals surface area contributed by atoms with Crippen LogP contribution in [0.4, 0.5) is 11.4 Å². The molecule has 4 heteroatoms. The smallest absolute Gasteiger partial charge is 0.158 e. The first kappa shape index (κ1) is 10.2. The van der Waals surface area contributed by atoms with Crippen LogP contribution in [0.1, 0.15) is 0 Å². The number of hydrogen-bond donors (Lipinski definition) is 4. The average molecular weight is 216 g/mol. The van der Waals surface area contributed by atoms with Crippen molar-refractivity contribution in [3.63, 3.8) is 0 Å². The van der Waals surface area contributed by atoms with Crippen LogP contribution in [-0.4, -0.2) is 10.2 Å². The largest absolute Gasteiger partial charge is 0.504 e. The van der Waals surface area contributed by atoms with Gasteiger partial charge in [-0.25, -0.2) is 0 Å². The second-order valence-corrected chi connectivity index (χ2v) is 3.55. The van der Waals surface area contributed by atoms with E-state index < -0.39 is 0 Å². The van der Waals surface area contributed by atoms with Crippen LogP contribution < -0.4 is 11.5 Å². The fourth-order valence-corrected chi connectivity index (χ4v) is 1.46. The van der Waals surface area contributed by atoms with Crippen molar-refractivity contribution < 1.29 is 10.2 Å². The van der Waals surface area contributed by atoms with Gasteiger partial charge in [-0.1, -0.05) is 12.1 Å². The summed E-state index contributed by atoms with van der Waals surface area (Å²) in [5.74, 6) is -0.305. The second kappa shape index (κ2) is 3.66. The lowest BCUT2D eigenvalue weighted by molar-refractivity contribution is 0.404. The quantitative estimate of drug-likeness (QED) is 0.433. The summed E-state index contributed by atoms with van der Waals surface area (Å²) >= 11 is 0. The minimum absolute atomic E-state index is 0.146. The fourth-order valence-electron chi connectivity index (χ4n) is 1.46. The molecule has 2 aromatic rings. The van der Waals surface area contributed by atoms with Gasteiger partial charge in [0.25, 0.3) is 0 Å². The molecule has 2 aromatic carbocycles. The first-order chi connectivity index (χ1) is 7.58. The van der Waals surface area contributed by atoms with Crippen molar-refractivity contribution in [1.82, 2.24) is 0 Å². The third kappa shape index (κ3) is 1.72. The molecule has 0 radical (unpaired) electrons. The van der Waals surface area contributed by atoms with Crippen LogP contribution in [0.25, 0.3) is 11.1 Å². The molecule has 0 fully saturated rings. The minimum Gasteiger partial charge on any atom is -0.504 e. The molecule has 16 heavy (non-hydrogen) atoms. The van der Waals surface area contributed by atoms with Crippen LogP contribution in [0, 0.1) is 0 Å². The summed E-state index contributed by atoms with van der Waals surface area (Å²) in [5, 5.41) is 18.6. The molecule has 0 aliphatic carbocycles. The Morgan fingerprint density at radius 2 is 1.31 bits per heavy atom. The van der Waals surface area contributed by atoms with Crippen molar-refractivity contribution in [3.8, 4) is 22.6 Å². The molecule has 0 aromatic heterocycles. The highest BCUT2D eigenvalue weighted by atomic mass is 16.3. The third-order valence-electron chi connectivity index (χ3n) is 2.40. The standard InChI is InChI=1S/C12H12N2O2/c13-9-3-1-7(5-10(9)14)8-2-4-11(15)12(16)6-8/h1-6,15-16H,13-14H2. The van der Waals surface area contributed by atoms with E-state index in [9.17, 15) is 10.2 Å². The number of aromatic hydroxyl groups is 2. The summed E-state index contributed by atoms with van der Waals surface area (Å²) < 4.78 is 0. The summed E-state index contributed by atoms with van der Waals surface area (Å²) in [7, 11) is 0. The Morgan fingerprint density at radius 1 is 0.688 bits per heavy atom. The lowest BCUT2D eigenvalue weighted by Gasteiger charge is -2.06. The summed E-state index contributed by atoms with van der Waals surface area (Å²) in [6, 6.07) is 9.82. The third-order valence-corrected chi connectivity index (χ3v) is 2.40. The first-order valence-corrected chi connectivity index (χ1v) is 4.75. The summed E-state index contributed by atoms with van der Waals surface area (Å²) in [5.41, 5.74) is 13.9. The molecule has 0 atom stereocenters. The molecule has 2 rings (SSSR count). The lowest BCUT2D eigenvalue weighted by Crippen LogP contribution is -1.94. The monoisotopic (exact) mass is 216 g/mol. The zero-order valence-electron chi connectivity index (χ0n) is 8.51. The van der Waals surface area contributed by atoms with E-state index in [0.717, 1.165) is 11.1 Å². The fraction of sp³-hybridized carbons (Fsp3) is 0. The van der Waals surface area contributed by atoms with Crippen molar-refractivity contribution in [2.75, 3.05) is 11.5 Å². The highest BCUT2D eigenvalue weighted by Crippen LogP contribution is 2.32. The van der Waals surface area contributed by atoms with E-state index in [2.05, 4.69) is 0 Å². The van der Waals surface area contributed by atoms with Crippen molar-refractivity contribution >= 4 is 11.4 Å². The number of phenolic OH excluding ortho intramolecular Hbond substituents is 2. The number of hydrogen-bond acceptors (Lipinski definition) is 4. The van der Waals surface area contributed by atoms with E-state index in [-0.39, 0.29) is 11.5 Å². The van der Waals surface area contributed by atoms with E-state index in [1.807, 2.05) is 0 Å². The Hall–Kier alpha value is -2.36. The Morgan fingerprint density at radius 3 is 1.94 bits per heavy atom. The Labute approximate surface area is 92.8 Å². The molecule has 0 aliphatic rings. The predicted octanol–water partition coefficient (Wildman–Crippen LogP) is 1.93. The predicted molar refractivity (Wildman–Crippen MR) is 64.0 cm³/mol. The molecule has 0 heterocycles. The first-order valence-electron chi connectivity index (χ1n) is 4.75. The molecular weight excluding hydrogens is 204 g/mol. The van der Waals surface area contributed by atoms with Gasteiger partial charge in [-0.2, -0.15) is 0 Å². The number of benzene rings is 2. The summed E-state index contributed by atoms with van der Waals surface area (Å²) in [6.45, 7) is 0. The molecular formula is C12H12N2O2. The maximum Gasteiger partial charge on any atom is 0.158 e. The lowest BCUT2D eigenvalue weighted by atomic mass is 10.0. The minimum atomic E-state index is -0.159. The molecule has 0 spiro atoms. The van der Waals surface area contributed by atoms with Crippen LogP contribution in [0.2, 0.25) is 0 Å². The van der Waals surface area contributed by atoms with E-state index >= 15 is 0 Å². The zero-order chi connectivity index (χ0) is 11.7. The van der Waals surface area contributed by atoms with Gasteiger partial charge in [0.2, 0.25) is 0 Å². The molecule has 4 nitrogen and oxygen atoms in total. The molecule has 82 valence electrons.